The lowest BCUT2D eigenvalue weighted by Gasteiger charge is -2.18. The molecule has 0 bridgehead atoms. The Morgan fingerprint density at radius 3 is 3.13 bits per heavy atom. The van der Waals surface area contributed by atoms with E-state index in [0.717, 1.165) is 17.7 Å². The number of rotatable bonds is 3. The predicted molar refractivity (Wildman–Crippen MR) is 62.0 cm³/mol. The molecular formula is C11H16N2OS. The molecule has 0 radical (unpaired) electrons. The van der Waals surface area contributed by atoms with Gasteiger partial charge in [-0.1, -0.05) is 12.5 Å². The van der Waals surface area contributed by atoms with Crippen LogP contribution >= 0.6 is 11.3 Å². The highest BCUT2D eigenvalue weighted by Crippen LogP contribution is 2.25. The Balaban J connectivity index is 1.94. The van der Waals surface area contributed by atoms with E-state index in [4.69, 9.17) is 5.73 Å². The standard InChI is InChI=1S/C11H16N2OS/c12-7-8-3-1-4-9(8)13-11(14)10-5-2-6-15-10/h2,5-6,8-9H,1,3-4,7,12H2,(H,13,14). The van der Waals surface area contributed by atoms with Crippen molar-refractivity contribution in [3.8, 4) is 0 Å². The maximum atomic E-state index is 11.8. The summed E-state index contributed by atoms with van der Waals surface area (Å²) in [6, 6.07) is 4.03. The summed E-state index contributed by atoms with van der Waals surface area (Å²) in [7, 11) is 0. The summed E-state index contributed by atoms with van der Waals surface area (Å²) < 4.78 is 0. The molecule has 1 aromatic heterocycles. The third-order valence-corrected chi connectivity index (χ3v) is 3.89. The fourth-order valence-corrected chi connectivity index (χ4v) is 2.78. The highest BCUT2D eigenvalue weighted by molar-refractivity contribution is 7.12. The number of nitrogens with two attached hydrogens (primary N) is 1. The summed E-state index contributed by atoms with van der Waals surface area (Å²) in [6.07, 6.45) is 3.39. The van der Waals surface area contributed by atoms with E-state index in [9.17, 15) is 4.79 Å². The molecule has 15 heavy (non-hydrogen) atoms. The topological polar surface area (TPSA) is 55.1 Å². The Bertz CT molecular complexity index is 323. The summed E-state index contributed by atoms with van der Waals surface area (Å²) >= 11 is 1.48. The molecule has 82 valence electrons. The molecule has 1 aromatic rings. The number of amides is 1. The summed E-state index contributed by atoms with van der Waals surface area (Å²) in [4.78, 5) is 12.6. The van der Waals surface area contributed by atoms with Gasteiger partial charge < -0.3 is 11.1 Å². The highest BCUT2D eigenvalue weighted by Gasteiger charge is 2.27. The molecule has 1 heterocycles. The second kappa shape index (κ2) is 4.77. The summed E-state index contributed by atoms with van der Waals surface area (Å²) in [5.41, 5.74) is 5.67. The number of carbonyl (C=O) groups excluding carboxylic acids is 1. The predicted octanol–water partition coefficient (Wildman–Crippen LogP) is 1.61. The number of hydrogen-bond acceptors (Lipinski definition) is 3. The van der Waals surface area contributed by atoms with Gasteiger partial charge in [0.2, 0.25) is 0 Å². The Morgan fingerprint density at radius 1 is 1.60 bits per heavy atom. The maximum absolute atomic E-state index is 11.8. The van der Waals surface area contributed by atoms with Gasteiger partial charge in [-0.05, 0) is 36.8 Å². The van der Waals surface area contributed by atoms with E-state index >= 15 is 0 Å². The van der Waals surface area contributed by atoms with Crippen LogP contribution in [0.25, 0.3) is 0 Å². The van der Waals surface area contributed by atoms with Gasteiger partial charge in [0.05, 0.1) is 4.88 Å². The van der Waals surface area contributed by atoms with Crippen molar-refractivity contribution in [2.45, 2.75) is 25.3 Å². The molecule has 1 aliphatic carbocycles. The smallest absolute Gasteiger partial charge is 0.261 e. The Kier molecular flexibility index (Phi) is 3.38. The van der Waals surface area contributed by atoms with Gasteiger partial charge in [-0.2, -0.15) is 0 Å². The summed E-state index contributed by atoms with van der Waals surface area (Å²) in [5, 5.41) is 4.99. The van der Waals surface area contributed by atoms with E-state index in [2.05, 4.69) is 5.32 Å². The van der Waals surface area contributed by atoms with Crippen molar-refractivity contribution in [1.82, 2.24) is 5.32 Å². The molecule has 1 aliphatic rings. The molecule has 4 heteroatoms. The first kappa shape index (κ1) is 10.6. The van der Waals surface area contributed by atoms with Gasteiger partial charge in [0, 0.05) is 6.04 Å². The number of hydrogen-bond donors (Lipinski definition) is 2. The zero-order valence-electron chi connectivity index (χ0n) is 8.61. The normalized spacial score (nSPS) is 25.4. The van der Waals surface area contributed by atoms with E-state index in [1.54, 1.807) is 0 Å². The first-order chi connectivity index (χ1) is 7.31. The molecule has 2 atom stereocenters. The second-order valence-electron chi connectivity index (χ2n) is 3.98. The van der Waals surface area contributed by atoms with Crippen LogP contribution in [-0.4, -0.2) is 18.5 Å². The maximum Gasteiger partial charge on any atom is 0.261 e. The largest absolute Gasteiger partial charge is 0.348 e. The van der Waals surface area contributed by atoms with Crippen LogP contribution in [-0.2, 0) is 0 Å². The van der Waals surface area contributed by atoms with Crippen molar-refractivity contribution in [2.75, 3.05) is 6.54 Å². The van der Waals surface area contributed by atoms with Gasteiger partial charge in [0.25, 0.3) is 5.91 Å². The minimum Gasteiger partial charge on any atom is -0.348 e. The van der Waals surface area contributed by atoms with Gasteiger partial charge in [-0.25, -0.2) is 0 Å². The summed E-state index contributed by atoms with van der Waals surface area (Å²) in [5.74, 6) is 0.518. The fourth-order valence-electron chi connectivity index (χ4n) is 2.16. The first-order valence-electron chi connectivity index (χ1n) is 5.35. The van der Waals surface area contributed by atoms with Gasteiger partial charge in [-0.15, -0.1) is 11.3 Å². The zero-order chi connectivity index (χ0) is 10.7. The van der Waals surface area contributed by atoms with Crippen molar-refractivity contribution >= 4 is 17.2 Å². The lowest BCUT2D eigenvalue weighted by atomic mass is 10.0. The Morgan fingerprint density at radius 2 is 2.47 bits per heavy atom. The molecular weight excluding hydrogens is 208 g/mol. The number of nitrogens with one attached hydrogen (secondary N) is 1. The van der Waals surface area contributed by atoms with Crippen LogP contribution in [0.1, 0.15) is 28.9 Å². The molecule has 1 fully saturated rings. The van der Waals surface area contributed by atoms with Crippen LogP contribution in [0.4, 0.5) is 0 Å². The molecule has 1 amide bonds. The molecule has 3 N–H and O–H groups in total. The monoisotopic (exact) mass is 224 g/mol. The molecule has 0 spiro atoms. The van der Waals surface area contributed by atoms with Crippen LogP contribution in [0.15, 0.2) is 17.5 Å². The van der Waals surface area contributed by atoms with Gasteiger partial charge in [-0.3, -0.25) is 4.79 Å². The minimum atomic E-state index is 0.0513. The average molecular weight is 224 g/mol. The van der Waals surface area contributed by atoms with Gasteiger partial charge in [0.1, 0.15) is 0 Å². The van der Waals surface area contributed by atoms with Crippen molar-refractivity contribution in [3.63, 3.8) is 0 Å². The molecule has 0 aliphatic heterocycles. The van der Waals surface area contributed by atoms with E-state index in [1.807, 2.05) is 17.5 Å². The molecule has 1 saturated carbocycles. The third kappa shape index (κ3) is 2.38. The van der Waals surface area contributed by atoms with Crippen LogP contribution in [0.2, 0.25) is 0 Å². The van der Waals surface area contributed by atoms with Crippen molar-refractivity contribution in [2.24, 2.45) is 11.7 Å². The van der Waals surface area contributed by atoms with E-state index in [0.29, 0.717) is 12.5 Å². The Labute approximate surface area is 93.7 Å². The van der Waals surface area contributed by atoms with Crippen LogP contribution < -0.4 is 11.1 Å². The number of thiophene rings is 1. The average Bonchev–Trinajstić information content (AvgIpc) is 2.87. The highest BCUT2D eigenvalue weighted by atomic mass is 32.1. The van der Waals surface area contributed by atoms with E-state index < -0.39 is 0 Å². The van der Waals surface area contributed by atoms with Crippen LogP contribution in [0.5, 0.6) is 0 Å². The first-order valence-corrected chi connectivity index (χ1v) is 6.23. The lowest BCUT2D eigenvalue weighted by molar-refractivity contribution is 0.0933. The van der Waals surface area contributed by atoms with Crippen molar-refractivity contribution in [3.05, 3.63) is 22.4 Å². The van der Waals surface area contributed by atoms with E-state index in [-0.39, 0.29) is 11.9 Å². The van der Waals surface area contributed by atoms with Crippen molar-refractivity contribution < 1.29 is 4.79 Å². The van der Waals surface area contributed by atoms with Crippen LogP contribution in [0, 0.1) is 5.92 Å². The lowest BCUT2D eigenvalue weighted by Crippen LogP contribution is -2.39. The Hall–Kier alpha value is -0.870. The van der Waals surface area contributed by atoms with Gasteiger partial charge >= 0.3 is 0 Å². The third-order valence-electron chi connectivity index (χ3n) is 3.02. The van der Waals surface area contributed by atoms with E-state index in [1.165, 1.54) is 17.8 Å². The number of carbonyl (C=O) groups is 1. The fraction of sp³-hybridized carbons (Fsp3) is 0.545. The quantitative estimate of drug-likeness (QED) is 0.819. The molecule has 2 rings (SSSR count). The molecule has 2 unspecified atom stereocenters. The molecule has 0 aromatic carbocycles. The minimum absolute atomic E-state index is 0.0513. The SMILES string of the molecule is NCC1CCCC1NC(=O)c1cccs1. The second-order valence-corrected chi connectivity index (χ2v) is 4.93. The zero-order valence-corrected chi connectivity index (χ0v) is 9.43. The van der Waals surface area contributed by atoms with Crippen molar-refractivity contribution in [1.29, 1.82) is 0 Å². The van der Waals surface area contributed by atoms with Gasteiger partial charge in [0.15, 0.2) is 0 Å². The summed E-state index contributed by atoms with van der Waals surface area (Å²) in [6.45, 7) is 0.676. The van der Waals surface area contributed by atoms with Crippen LogP contribution in [0.3, 0.4) is 0 Å². The molecule has 3 nitrogen and oxygen atoms in total. The molecule has 0 saturated heterocycles.